The molecule has 0 aromatic heterocycles. The minimum atomic E-state index is -0.817. The van der Waals surface area contributed by atoms with Gasteiger partial charge in [0.15, 0.2) is 0 Å². The second-order valence-corrected chi connectivity index (χ2v) is 5.85. The number of likely N-dealkylation sites (tertiary alicyclic amines) is 1. The maximum absolute atomic E-state index is 12.9. The Bertz CT molecular complexity index is 720. The van der Waals surface area contributed by atoms with E-state index in [4.69, 9.17) is 0 Å². The third kappa shape index (κ3) is 2.45. The van der Waals surface area contributed by atoms with Crippen LogP contribution in [0.15, 0.2) is 42.5 Å². The molecule has 1 fully saturated rings. The van der Waals surface area contributed by atoms with Crippen LogP contribution in [0.1, 0.15) is 30.1 Å². The number of amides is 1. The van der Waals surface area contributed by atoms with Gasteiger partial charge >= 0.3 is 5.97 Å². The molecule has 1 saturated heterocycles. The lowest BCUT2D eigenvalue weighted by Crippen LogP contribution is -2.49. The van der Waals surface area contributed by atoms with Crippen molar-refractivity contribution >= 4 is 22.6 Å². The van der Waals surface area contributed by atoms with Gasteiger partial charge in [-0.25, -0.2) is 0 Å². The Morgan fingerprint density at radius 3 is 2.64 bits per heavy atom. The van der Waals surface area contributed by atoms with E-state index in [1.807, 2.05) is 49.4 Å². The van der Waals surface area contributed by atoms with Crippen molar-refractivity contribution in [2.45, 2.75) is 25.8 Å². The van der Waals surface area contributed by atoms with E-state index in [-0.39, 0.29) is 11.9 Å². The molecule has 4 heteroatoms. The van der Waals surface area contributed by atoms with Crippen LogP contribution in [0.4, 0.5) is 0 Å². The molecule has 0 bridgehead atoms. The molecule has 0 saturated carbocycles. The number of carbonyl (C=O) groups is 2. The predicted molar refractivity (Wildman–Crippen MR) is 84.8 cm³/mol. The summed E-state index contributed by atoms with van der Waals surface area (Å²) in [5, 5.41) is 11.3. The highest BCUT2D eigenvalue weighted by Crippen LogP contribution is 2.27. The highest BCUT2D eigenvalue weighted by Gasteiger charge is 2.35. The van der Waals surface area contributed by atoms with Gasteiger partial charge in [0.25, 0.3) is 5.91 Å². The number of fused-ring (bicyclic) bond motifs is 1. The Balaban J connectivity index is 1.97. The third-order valence-electron chi connectivity index (χ3n) is 4.59. The Morgan fingerprint density at radius 2 is 1.86 bits per heavy atom. The first kappa shape index (κ1) is 14.6. The maximum atomic E-state index is 12.9. The Hall–Kier alpha value is -2.36. The molecule has 0 unspecified atom stereocenters. The Kier molecular flexibility index (Phi) is 3.84. The number of carboxylic acid groups (broad SMARTS) is 1. The Labute approximate surface area is 129 Å². The number of nitrogens with zero attached hydrogens (tertiary/aromatic N) is 1. The summed E-state index contributed by atoms with van der Waals surface area (Å²) < 4.78 is 0. The van der Waals surface area contributed by atoms with E-state index in [1.54, 1.807) is 4.90 Å². The van der Waals surface area contributed by atoms with Crippen LogP contribution in [0.5, 0.6) is 0 Å². The van der Waals surface area contributed by atoms with Crippen molar-refractivity contribution in [2.75, 3.05) is 6.54 Å². The summed E-state index contributed by atoms with van der Waals surface area (Å²) in [6, 6.07) is 13.2. The molecule has 1 heterocycles. The number of benzene rings is 2. The van der Waals surface area contributed by atoms with Gasteiger partial charge in [-0.1, -0.05) is 36.4 Å². The topological polar surface area (TPSA) is 57.6 Å². The monoisotopic (exact) mass is 297 g/mol. The van der Waals surface area contributed by atoms with Crippen LogP contribution in [-0.2, 0) is 4.79 Å². The number of hydrogen-bond acceptors (Lipinski definition) is 2. The summed E-state index contributed by atoms with van der Waals surface area (Å²) in [6.45, 7) is 2.45. The van der Waals surface area contributed by atoms with Crippen molar-refractivity contribution in [1.29, 1.82) is 0 Å². The van der Waals surface area contributed by atoms with Gasteiger partial charge in [-0.2, -0.15) is 0 Å². The first-order valence-corrected chi connectivity index (χ1v) is 7.61. The number of piperidine rings is 1. The smallest absolute Gasteiger partial charge is 0.308 e. The number of carboxylic acids is 1. The molecular weight excluding hydrogens is 278 g/mol. The minimum absolute atomic E-state index is 0.0738. The van der Waals surface area contributed by atoms with Crippen molar-refractivity contribution in [3.8, 4) is 0 Å². The molecule has 1 aliphatic heterocycles. The minimum Gasteiger partial charge on any atom is -0.481 e. The van der Waals surface area contributed by atoms with Crippen molar-refractivity contribution in [1.82, 2.24) is 4.90 Å². The molecule has 1 N–H and O–H groups in total. The van der Waals surface area contributed by atoms with Gasteiger partial charge in [0, 0.05) is 18.2 Å². The van der Waals surface area contributed by atoms with E-state index < -0.39 is 11.9 Å². The normalized spacial score (nSPS) is 21.8. The van der Waals surface area contributed by atoms with Gasteiger partial charge in [0.2, 0.25) is 0 Å². The first-order valence-electron chi connectivity index (χ1n) is 7.61. The summed E-state index contributed by atoms with van der Waals surface area (Å²) in [6.07, 6.45) is 1.37. The highest BCUT2D eigenvalue weighted by molar-refractivity contribution is 6.07. The Morgan fingerprint density at radius 1 is 1.14 bits per heavy atom. The molecule has 2 aromatic carbocycles. The molecule has 0 spiro atoms. The average molecular weight is 297 g/mol. The summed E-state index contributed by atoms with van der Waals surface area (Å²) in [7, 11) is 0. The van der Waals surface area contributed by atoms with E-state index >= 15 is 0 Å². The summed E-state index contributed by atoms with van der Waals surface area (Å²) in [5.74, 6) is -1.37. The van der Waals surface area contributed by atoms with E-state index in [0.29, 0.717) is 18.5 Å². The molecule has 4 nitrogen and oxygen atoms in total. The maximum Gasteiger partial charge on any atom is 0.308 e. The van der Waals surface area contributed by atoms with Gasteiger partial charge in [0.1, 0.15) is 0 Å². The highest BCUT2D eigenvalue weighted by atomic mass is 16.4. The fraction of sp³-hybridized carbons (Fsp3) is 0.333. The van der Waals surface area contributed by atoms with Crippen molar-refractivity contribution < 1.29 is 14.7 Å². The van der Waals surface area contributed by atoms with Crippen LogP contribution in [0.3, 0.4) is 0 Å². The fourth-order valence-corrected chi connectivity index (χ4v) is 3.33. The molecule has 22 heavy (non-hydrogen) atoms. The summed E-state index contributed by atoms with van der Waals surface area (Å²) >= 11 is 0. The molecule has 3 rings (SSSR count). The van der Waals surface area contributed by atoms with Crippen LogP contribution >= 0.6 is 0 Å². The van der Waals surface area contributed by atoms with Gasteiger partial charge < -0.3 is 10.0 Å². The zero-order valence-electron chi connectivity index (χ0n) is 12.5. The quantitative estimate of drug-likeness (QED) is 0.926. The van der Waals surface area contributed by atoms with Gasteiger partial charge in [-0.05, 0) is 36.6 Å². The van der Waals surface area contributed by atoms with Gasteiger partial charge in [-0.3, -0.25) is 9.59 Å². The summed E-state index contributed by atoms with van der Waals surface area (Å²) in [5.41, 5.74) is 0.649. The molecule has 114 valence electrons. The third-order valence-corrected chi connectivity index (χ3v) is 4.59. The molecule has 0 aliphatic carbocycles. The molecule has 2 aromatic rings. The van der Waals surface area contributed by atoms with Crippen molar-refractivity contribution in [3.63, 3.8) is 0 Å². The number of aliphatic carboxylic acids is 1. The molecule has 0 radical (unpaired) electrons. The van der Waals surface area contributed by atoms with E-state index in [2.05, 4.69) is 0 Å². The largest absolute Gasteiger partial charge is 0.481 e. The van der Waals surface area contributed by atoms with Crippen molar-refractivity contribution in [3.05, 3.63) is 48.0 Å². The lowest BCUT2D eigenvalue weighted by Gasteiger charge is -2.37. The summed E-state index contributed by atoms with van der Waals surface area (Å²) in [4.78, 5) is 26.0. The van der Waals surface area contributed by atoms with E-state index in [9.17, 15) is 14.7 Å². The van der Waals surface area contributed by atoms with Crippen LogP contribution in [0, 0.1) is 5.92 Å². The van der Waals surface area contributed by atoms with Crippen LogP contribution in [0.25, 0.3) is 10.8 Å². The standard InChI is InChI=1S/C18H19NO3/c1-12-14(18(21)22)10-5-11-19(12)17(20)16-9-4-7-13-6-2-3-8-15(13)16/h2-4,6-9,12,14H,5,10-11H2,1H3,(H,21,22)/t12-,14-/m1/s1. The SMILES string of the molecule is C[C@@H]1[C@H](C(=O)O)CCCN1C(=O)c1cccc2ccccc12. The lowest BCUT2D eigenvalue weighted by atomic mass is 9.89. The van der Waals surface area contributed by atoms with Gasteiger partial charge in [-0.15, -0.1) is 0 Å². The van der Waals surface area contributed by atoms with Gasteiger partial charge in [0.05, 0.1) is 5.92 Å². The second kappa shape index (κ2) is 5.79. The number of hydrogen-bond donors (Lipinski definition) is 1. The lowest BCUT2D eigenvalue weighted by molar-refractivity contribution is -0.144. The zero-order valence-corrected chi connectivity index (χ0v) is 12.5. The molecule has 2 atom stereocenters. The average Bonchev–Trinajstić information content (AvgIpc) is 2.53. The molecule has 1 aliphatic rings. The first-order chi connectivity index (χ1) is 10.6. The molecule has 1 amide bonds. The van der Waals surface area contributed by atoms with Crippen LogP contribution in [-0.4, -0.2) is 34.5 Å². The van der Waals surface area contributed by atoms with Crippen LogP contribution < -0.4 is 0 Å². The van der Waals surface area contributed by atoms with Crippen LogP contribution in [0.2, 0.25) is 0 Å². The number of carbonyl (C=O) groups excluding carboxylic acids is 1. The fourth-order valence-electron chi connectivity index (χ4n) is 3.33. The van der Waals surface area contributed by atoms with E-state index in [1.165, 1.54) is 0 Å². The second-order valence-electron chi connectivity index (χ2n) is 5.85. The number of rotatable bonds is 2. The zero-order chi connectivity index (χ0) is 15.7. The van der Waals surface area contributed by atoms with E-state index in [0.717, 1.165) is 17.2 Å². The molecular formula is C18H19NO3. The predicted octanol–water partition coefficient (Wildman–Crippen LogP) is 3.17. The van der Waals surface area contributed by atoms with Crippen molar-refractivity contribution in [2.24, 2.45) is 5.92 Å².